The average Bonchev–Trinajstić information content (AvgIpc) is 2.55. The summed E-state index contributed by atoms with van der Waals surface area (Å²) < 4.78 is 0. The highest BCUT2D eigenvalue weighted by Gasteiger charge is 2.34. The number of aliphatic hydroxyl groups excluding tert-OH is 1. The summed E-state index contributed by atoms with van der Waals surface area (Å²) in [4.78, 5) is 0. The van der Waals surface area contributed by atoms with Gasteiger partial charge >= 0.3 is 0 Å². The van der Waals surface area contributed by atoms with Crippen LogP contribution in [0.4, 0.5) is 0 Å². The zero-order valence-electron chi connectivity index (χ0n) is 8.64. The predicted molar refractivity (Wildman–Crippen MR) is 55.9 cm³/mol. The first-order valence-electron chi connectivity index (χ1n) is 5.19. The first-order valence-corrected chi connectivity index (χ1v) is 8.47. The van der Waals surface area contributed by atoms with Gasteiger partial charge in [-0.25, -0.2) is 0 Å². The minimum Gasteiger partial charge on any atom is -0.400 e. The minimum atomic E-state index is -1.29. The molecule has 1 unspecified atom stereocenters. The largest absolute Gasteiger partial charge is 0.400 e. The maximum absolute atomic E-state index is 9.29. The van der Waals surface area contributed by atoms with E-state index < -0.39 is 8.07 Å². The second-order valence-corrected chi connectivity index (χ2v) is 10.2. The number of aliphatic hydroxyl groups is 1. The van der Waals surface area contributed by atoms with Gasteiger partial charge in [-0.15, -0.1) is 0 Å². The first-order chi connectivity index (χ1) is 5.58. The highest BCUT2D eigenvalue weighted by atomic mass is 28.3. The van der Waals surface area contributed by atoms with Crippen molar-refractivity contribution in [1.29, 1.82) is 0 Å². The lowest BCUT2D eigenvalue weighted by molar-refractivity contribution is 0.350. The summed E-state index contributed by atoms with van der Waals surface area (Å²) in [6.07, 6.45) is 6.13. The van der Waals surface area contributed by atoms with Gasteiger partial charge in [-0.1, -0.05) is 45.7 Å². The summed E-state index contributed by atoms with van der Waals surface area (Å²) in [5, 5.41) is 9.29. The summed E-state index contributed by atoms with van der Waals surface area (Å²) in [6, 6.07) is 0. The second kappa shape index (κ2) is 3.92. The van der Waals surface area contributed by atoms with Crippen LogP contribution in [0.3, 0.4) is 0 Å². The molecule has 72 valence electrons. The van der Waals surface area contributed by atoms with Crippen molar-refractivity contribution in [1.82, 2.24) is 0 Å². The van der Waals surface area contributed by atoms with E-state index in [0.717, 1.165) is 11.5 Å². The third kappa shape index (κ3) is 2.11. The normalized spacial score (nSPS) is 23.0. The first kappa shape index (κ1) is 10.3. The maximum atomic E-state index is 9.29. The molecule has 0 amide bonds. The molecule has 1 atom stereocenters. The Hall–Kier alpha value is 0.177. The Labute approximate surface area is 77.2 Å². The van der Waals surface area contributed by atoms with Gasteiger partial charge in [0.05, 0.1) is 8.07 Å². The van der Waals surface area contributed by atoms with Crippen LogP contribution in [-0.4, -0.2) is 19.4 Å². The topological polar surface area (TPSA) is 20.2 Å². The van der Waals surface area contributed by atoms with E-state index in [9.17, 15) is 5.11 Å². The van der Waals surface area contributed by atoms with Gasteiger partial charge in [0.2, 0.25) is 0 Å². The van der Waals surface area contributed by atoms with E-state index in [0.29, 0.717) is 6.23 Å². The molecule has 0 aliphatic heterocycles. The van der Waals surface area contributed by atoms with Crippen LogP contribution >= 0.6 is 0 Å². The van der Waals surface area contributed by atoms with Gasteiger partial charge in [0, 0.05) is 6.23 Å². The summed E-state index contributed by atoms with van der Waals surface area (Å²) in [5.41, 5.74) is 0.810. The minimum absolute atomic E-state index is 0.463. The molecule has 0 bridgehead atoms. The van der Waals surface area contributed by atoms with Gasteiger partial charge in [0.25, 0.3) is 0 Å². The average molecular weight is 186 g/mol. The van der Waals surface area contributed by atoms with Gasteiger partial charge < -0.3 is 5.11 Å². The molecule has 1 rings (SSSR count). The third-order valence-electron chi connectivity index (χ3n) is 3.75. The molecule has 1 saturated carbocycles. The van der Waals surface area contributed by atoms with Crippen molar-refractivity contribution in [3.63, 3.8) is 0 Å². The molecule has 0 heterocycles. The SMILES string of the molecule is CC(C1CCCC1)[Si](C)(C)CO. The van der Waals surface area contributed by atoms with Crippen LogP contribution in [0.1, 0.15) is 32.6 Å². The van der Waals surface area contributed by atoms with Crippen LogP contribution in [0.5, 0.6) is 0 Å². The molecule has 1 fully saturated rings. The molecule has 1 aliphatic rings. The van der Waals surface area contributed by atoms with Crippen LogP contribution in [0.15, 0.2) is 0 Å². The number of hydrogen-bond donors (Lipinski definition) is 1. The highest BCUT2D eigenvalue weighted by Crippen LogP contribution is 2.39. The van der Waals surface area contributed by atoms with E-state index in [-0.39, 0.29) is 0 Å². The molecule has 0 saturated heterocycles. The van der Waals surface area contributed by atoms with E-state index in [4.69, 9.17) is 0 Å². The fraction of sp³-hybridized carbons (Fsp3) is 1.00. The van der Waals surface area contributed by atoms with Gasteiger partial charge in [0.1, 0.15) is 0 Å². The number of rotatable bonds is 3. The van der Waals surface area contributed by atoms with Gasteiger partial charge in [-0.3, -0.25) is 0 Å². The maximum Gasteiger partial charge on any atom is 0.0803 e. The molecule has 12 heavy (non-hydrogen) atoms. The Morgan fingerprint density at radius 3 is 2.25 bits per heavy atom. The highest BCUT2D eigenvalue weighted by molar-refractivity contribution is 6.78. The lowest BCUT2D eigenvalue weighted by atomic mass is 10.1. The van der Waals surface area contributed by atoms with Crippen LogP contribution in [0, 0.1) is 5.92 Å². The molecule has 1 aliphatic carbocycles. The van der Waals surface area contributed by atoms with Crippen molar-refractivity contribution in [3.05, 3.63) is 0 Å². The lowest BCUT2D eigenvalue weighted by Gasteiger charge is -2.32. The van der Waals surface area contributed by atoms with Gasteiger partial charge in [-0.2, -0.15) is 0 Å². The molecule has 0 radical (unpaired) electrons. The Kier molecular flexibility index (Phi) is 3.35. The lowest BCUT2D eigenvalue weighted by Crippen LogP contribution is -2.38. The molecular weight excluding hydrogens is 164 g/mol. The van der Waals surface area contributed by atoms with E-state index >= 15 is 0 Å². The van der Waals surface area contributed by atoms with Crippen molar-refractivity contribution in [3.8, 4) is 0 Å². The summed E-state index contributed by atoms with van der Waals surface area (Å²) >= 11 is 0. The molecular formula is C10H22OSi. The van der Waals surface area contributed by atoms with Gasteiger partial charge in [-0.05, 0) is 11.5 Å². The summed E-state index contributed by atoms with van der Waals surface area (Å²) in [6.45, 7) is 6.99. The van der Waals surface area contributed by atoms with Crippen molar-refractivity contribution in [2.45, 2.75) is 51.2 Å². The molecule has 2 heteroatoms. The molecule has 0 aromatic heterocycles. The monoisotopic (exact) mass is 186 g/mol. The Morgan fingerprint density at radius 1 is 1.33 bits per heavy atom. The molecule has 1 nitrogen and oxygen atoms in total. The quantitative estimate of drug-likeness (QED) is 0.672. The van der Waals surface area contributed by atoms with E-state index in [1.165, 1.54) is 25.7 Å². The standard InChI is InChI=1S/C10H22OSi/c1-9(12(2,3)8-11)10-6-4-5-7-10/h9-11H,4-8H2,1-3H3. The van der Waals surface area contributed by atoms with Crippen molar-refractivity contribution in [2.24, 2.45) is 5.92 Å². The van der Waals surface area contributed by atoms with Crippen LogP contribution in [0.2, 0.25) is 18.6 Å². The van der Waals surface area contributed by atoms with Crippen LogP contribution in [0.25, 0.3) is 0 Å². The van der Waals surface area contributed by atoms with Crippen molar-refractivity contribution in [2.75, 3.05) is 6.23 Å². The summed E-state index contributed by atoms with van der Waals surface area (Å²) in [5.74, 6) is 0.929. The predicted octanol–water partition coefficient (Wildman–Crippen LogP) is 2.81. The van der Waals surface area contributed by atoms with Crippen molar-refractivity contribution < 1.29 is 5.11 Å². The summed E-state index contributed by atoms with van der Waals surface area (Å²) in [7, 11) is -1.29. The Bertz CT molecular complexity index is 139. The smallest absolute Gasteiger partial charge is 0.0803 e. The van der Waals surface area contributed by atoms with Gasteiger partial charge in [0.15, 0.2) is 0 Å². The fourth-order valence-electron chi connectivity index (χ4n) is 2.24. The van der Waals surface area contributed by atoms with Crippen molar-refractivity contribution >= 4 is 8.07 Å². The molecule has 0 aromatic carbocycles. The molecule has 0 spiro atoms. The fourth-order valence-corrected chi connectivity index (χ4v) is 4.14. The van der Waals surface area contributed by atoms with E-state index in [1.54, 1.807) is 0 Å². The second-order valence-electron chi connectivity index (χ2n) is 4.98. The Balaban J connectivity index is 2.50. The van der Waals surface area contributed by atoms with Crippen LogP contribution in [-0.2, 0) is 0 Å². The van der Waals surface area contributed by atoms with E-state index in [2.05, 4.69) is 20.0 Å². The Morgan fingerprint density at radius 2 is 1.83 bits per heavy atom. The van der Waals surface area contributed by atoms with Crippen LogP contribution < -0.4 is 0 Å². The molecule has 1 N–H and O–H groups in total. The zero-order valence-corrected chi connectivity index (χ0v) is 9.64. The zero-order chi connectivity index (χ0) is 9.19. The van der Waals surface area contributed by atoms with E-state index in [1.807, 2.05) is 0 Å². The molecule has 0 aromatic rings. The third-order valence-corrected chi connectivity index (χ3v) is 7.50. The number of hydrogen-bond acceptors (Lipinski definition) is 1.